The van der Waals surface area contributed by atoms with Crippen molar-refractivity contribution in [3.63, 3.8) is 0 Å². The molecule has 0 bridgehead atoms. The zero-order chi connectivity index (χ0) is 25.8. The van der Waals surface area contributed by atoms with E-state index < -0.39 is 5.60 Å². The lowest BCUT2D eigenvalue weighted by Crippen LogP contribution is -2.35. The summed E-state index contributed by atoms with van der Waals surface area (Å²) in [5.74, 6) is 6.57. The summed E-state index contributed by atoms with van der Waals surface area (Å²) in [6.07, 6.45) is 12.7. The third kappa shape index (κ3) is 7.83. The molecule has 7 heteroatoms. The molecule has 1 saturated heterocycles. The number of amides is 1. The first-order chi connectivity index (χ1) is 16.4. The molecule has 2 atom stereocenters. The van der Waals surface area contributed by atoms with Crippen LogP contribution in [0.5, 0.6) is 0 Å². The number of carbonyl (C=O) groups excluding carboxylic acids is 1. The quantitative estimate of drug-likeness (QED) is 0.200. The number of nitrogens with zero attached hydrogens (tertiary/aromatic N) is 2. The fourth-order valence-electron chi connectivity index (χ4n) is 3.96. The molecular formula is C28H38N4O2S. The number of ether oxygens (including phenoxy) is 1. The van der Waals surface area contributed by atoms with Gasteiger partial charge < -0.3 is 14.7 Å². The van der Waals surface area contributed by atoms with Crippen LogP contribution in [0, 0.1) is 33.9 Å². The predicted octanol–water partition coefficient (Wildman–Crippen LogP) is 7.03. The van der Waals surface area contributed by atoms with E-state index in [9.17, 15) is 4.79 Å². The molecule has 1 aliphatic carbocycles. The first-order valence-electron chi connectivity index (χ1n) is 12.3. The highest BCUT2D eigenvalue weighted by Crippen LogP contribution is 2.56. The normalized spacial score (nSPS) is 20.8. The summed E-state index contributed by atoms with van der Waals surface area (Å²) in [6.45, 7) is 14.7. The Bertz CT molecular complexity index is 1180. The van der Waals surface area contributed by atoms with Crippen molar-refractivity contribution in [2.75, 3.05) is 6.54 Å². The maximum Gasteiger partial charge on any atom is 0.414 e. The van der Waals surface area contributed by atoms with E-state index in [2.05, 4.69) is 47.8 Å². The van der Waals surface area contributed by atoms with Crippen LogP contribution < -0.4 is 0 Å². The van der Waals surface area contributed by atoms with Gasteiger partial charge in [0.2, 0.25) is 0 Å². The molecule has 1 saturated carbocycles. The van der Waals surface area contributed by atoms with Crippen LogP contribution in [0.25, 0.3) is 6.08 Å². The van der Waals surface area contributed by atoms with Crippen molar-refractivity contribution in [3.05, 3.63) is 46.3 Å². The first-order valence-corrected chi connectivity index (χ1v) is 12.7. The molecule has 2 N–H and O–H groups in total. The van der Waals surface area contributed by atoms with Crippen LogP contribution in [0.1, 0.15) is 73.4 Å². The smallest absolute Gasteiger partial charge is 0.414 e. The molecule has 2 heterocycles. The maximum atomic E-state index is 12.9. The zero-order valence-electron chi connectivity index (χ0n) is 22.0. The number of aromatic amines is 2. The highest BCUT2D eigenvalue weighted by atomic mass is 32.1. The van der Waals surface area contributed by atoms with E-state index >= 15 is 0 Å². The zero-order valence-corrected chi connectivity index (χ0v) is 22.8. The van der Waals surface area contributed by atoms with Crippen LogP contribution in [0.15, 0.2) is 40.8 Å². The van der Waals surface area contributed by atoms with Gasteiger partial charge in [-0.25, -0.2) is 4.79 Å². The Labute approximate surface area is 214 Å². The minimum Gasteiger partial charge on any atom is -0.443 e. The van der Waals surface area contributed by atoms with Gasteiger partial charge in [-0.3, -0.25) is 9.89 Å². The summed E-state index contributed by atoms with van der Waals surface area (Å²) >= 11 is 5.01. The Hall–Kier alpha value is -2.85. The van der Waals surface area contributed by atoms with Gasteiger partial charge in [0, 0.05) is 36.0 Å². The lowest BCUT2D eigenvalue weighted by atomic mass is 10.0. The van der Waals surface area contributed by atoms with E-state index in [0.29, 0.717) is 4.77 Å². The molecule has 1 spiro atoms. The standard InChI is InChI=1S/C28H38N4O2S/c1-19(10-8-9-11-23-17-29-25(35)31-23)12-13-20(2)21(3)30-22(4)24-16-28(14-15-28)18-32(24)26(33)34-27(5,6)7/h9,11-13,17,19-20H,14-16,18H2,1-7H3,(H2,29,31,35)/b11-9+,13-12-,24-22-,30-21?. The number of aromatic nitrogens is 2. The van der Waals surface area contributed by atoms with E-state index in [-0.39, 0.29) is 23.3 Å². The summed E-state index contributed by atoms with van der Waals surface area (Å²) < 4.78 is 6.27. The molecule has 1 aliphatic heterocycles. The van der Waals surface area contributed by atoms with Crippen molar-refractivity contribution in [1.29, 1.82) is 0 Å². The number of H-pyrrole nitrogens is 2. The van der Waals surface area contributed by atoms with Crippen LogP contribution >= 0.6 is 12.2 Å². The topological polar surface area (TPSA) is 73.5 Å². The van der Waals surface area contributed by atoms with Gasteiger partial charge >= 0.3 is 6.09 Å². The van der Waals surface area contributed by atoms with Crippen LogP contribution in [0.4, 0.5) is 4.79 Å². The molecule has 2 fully saturated rings. The minimum absolute atomic E-state index is 0.117. The van der Waals surface area contributed by atoms with Gasteiger partial charge in [-0.2, -0.15) is 0 Å². The SMILES string of the molecule is CC(=N/C(C)=C1/CC2(CC2)CN1C(=O)OC(C)(C)C)C(C)/C=C\C(C)C#C/C=C/c1c[nH]c(=S)[nH]1. The molecule has 1 amide bonds. The van der Waals surface area contributed by atoms with E-state index in [4.69, 9.17) is 21.9 Å². The summed E-state index contributed by atoms with van der Waals surface area (Å²) in [5, 5.41) is 0. The fraction of sp³-hybridized carbons (Fsp3) is 0.536. The third-order valence-corrected chi connectivity index (χ3v) is 6.54. The number of imidazole rings is 1. The van der Waals surface area contributed by atoms with Crippen molar-refractivity contribution >= 4 is 30.1 Å². The molecule has 0 radical (unpaired) electrons. The Morgan fingerprint density at radius 2 is 2.00 bits per heavy atom. The second-order valence-electron chi connectivity index (χ2n) is 10.8. The van der Waals surface area contributed by atoms with E-state index in [1.807, 2.05) is 57.9 Å². The lowest BCUT2D eigenvalue weighted by Gasteiger charge is -2.25. The van der Waals surface area contributed by atoms with E-state index in [0.717, 1.165) is 48.6 Å². The molecule has 2 unspecified atom stereocenters. The van der Waals surface area contributed by atoms with Gasteiger partial charge in [0.25, 0.3) is 0 Å². The largest absolute Gasteiger partial charge is 0.443 e. The molecule has 2 aliphatic rings. The molecule has 3 rings (SSSR count). The molecule has 1 aromatic rings. The monoisotopic (exact) mass is 494 g/mol. The number of aliphatic imine (C=N–C) groups is 1. The summed E-state index contributed by atoms with van der Waals surface area (Å²) in [5.41, 5.74) is 3.53. The number of hydrogen-bond acceptors (Lipinski definition) is 4. The first kappa shape index (κ1) is 26.7. The molecule has 1 aromatic heterocycles. The molecule has 6 nitrogen and oxygen atoms in total. The number of likely N-dealkylation sites (tertiary alicyclic amines) is 1. The second kappa shape index (κ2) is 10.8. The Balaban J connectivity index is 1.65. The van der Waals surface area contributed by atoms with Gasteiger partial charge in [0.05, 0.1) is 11.4 Å². The maximum absolute atomic E-state index is 12.9. The van der Waals surface area contributed by atoms with Crippen molar-refractivity contribution in [2.24, 2.45) is 22.2 Å². The van der Waals surface area contributed by atoms with Gasteiger partial charge in [-0.05, 0) is 90.6 Å². The van der Waals surface area contributed by atoms with Gasteiger partial charge in [0.15, 0.2) is 4.77 Å². The molecule has 35 heavy (non-hydrogen) atoms. The number of carbonyl (C=O) groups is 1. The van der Waals surface area contributed by atoms with Gasteiger partial charge in [-0.15, -0.1) is 0 Å². The fourth-order valence-corrected chi connectivity index (χ4v) is 4.14. The summed E-state index contributed by atoms with van der Waals surface area (Å²) in [7, 11) is 0. The average Bonchev–Trinajstić information content (AvgIpc) is 3.20. The van der Waals surface area contributed by atoms with Crippen molar-refractivity contribution in [2.45, 2.75) is 73.3 Å². The highest BCUT2D eigenvalue weighted by molar-refractivity contribution is 7.71. The third-order valence-electron chi connectivity index (χ3n) is 6.32. The van der Waals surface area contributed by atoms with E-state index in [1.54, 1.807) is 0 Å². The molecular weight excluding hydrogens is 456 g/mol. The average molecular weight is 495 g/mol. The Kier molecular flexibility index (Phi) is 8.27. The Morgan fingerprint density at radius 1 is 1.29 bits per heavy atom. The number of hydrogen-bond donors (Lipinski definition) is 2. The van der Waals surface area contributed by atoms with Crippen LogP contribution in [-0.4, -0.2) is 38.8 Å². The lowest BCUT2D eigenvalue weighted by molar-refractivity contribution is 0.0326. The number of allylic oxidation sites excluding steroid dienone is 5. The summed E-state index contributed by atoms with van der Waals surface area (Å²) in [4.78, 5) is 25.5. The molecule has 188 valence electrons. The van der Waals surface area contributed by atoms with Crippen molar-refractivity contribution in [1.82, 2.24) is 14.9 Å². The van der Waals surface area contributed by atoms with Gasteiger partial charge in [-0.1, -0.05) is 30.9 Å². The second-order valence-corrected chi connectivity index (χ2v) is 11.2. The van der Waals surface area contributed by atoms with Crippen LogP contribution in [-0.2, 0) is 4.74 Å². The molecule has 0 aromatic carbocycles. The summed E-state index contributed by atoms with van der Waals surface area (Å²) in [6, 6.07) is 0. The van der Waals surface area contributed by atoms with Crippen LogP contribution in [0.3, 0.4) is 0 Å². The van der Waals surface area contributed by atoms with Gasteiger partial charge in [0.1, 0.15) is 5.60 Å². The Morgan fingerprint density at radius 3 is 2.60 bits per heavy atom. The van der Waals surface area contributed by atoms with Crippen LogP contribution in [0.2, 0.25) is 0 Å². The predicted molar refractivity (Wildman–Crippen MR) is 145 cm³/mol. The number of nitrogens with one attached hydrogen (secondary N) is 2. The van der Waals surface area contributed by atoms with Crippen molar-refractivity contribution in [3.8, 4) is 11.8 Å². The van der Waals surface area contributed by atoms with E-state index in [1.165, 1.54) is 0 Å². The van der Waals surface area contributed by atoms with Crippen molar-refractivity contribution < 1.29 is 9.53 Å². The minimum atomic E-state index is -0.515. The highest BCUT2D eigenvalue weighted by Gasteiger charge is 2.52. The number of rotatable bonds is 5.